The van der Waals surface area contributed by atoms with Crippen molar-refractivity contribution in [1.29, 1.82) is 0 Å². The summed E-state index contributed by atoms with van der Waals surface area (Å²) in [5, 5.41) is 18.8. The molecule has 0 aromatic heterocycles. The van der Waals surface area contributed by atoms with E-state index in [2.05, 4.69) is 11.5 Å². The van der Waals surface area contributed by atoms with E-state index in [1.54, 1.807) is 0 Å². The summed E-state index contributed by atoms with van der Waals surface area (Å²) < 4.78 is 15.0. The van der Waals surface area contributed by atoms with Crippen LogP contribution in [0.4, 0.5) is 0 Å². The molecule has 0 unspecified atom stereocenters. The monoisotopic (exact) mass is 298 g/mol. The Labute approximate surface area is 116 Å². The van der Waals surface area contributed by atoms with E-state index in [0.717, 1.165) is 0 Å². The lowest BCUT2D eigenvalue weighted by molar-refractivity contribution is 0.00230. The third-order valence-electron chi connectivity index (χ3n) is 1.60. The molecule has 5 nitrogen and oxygen atoms in total. The van der Waals surface area contributed by atoms with Crippen molar-refractivity contribution in [3.8, 4) is 0 Å². The average molecular weight is 298 g/mol. The second-order valence-electron chi connectivity index (χ2n) is 3.04. The van der Waals surface area contributed by atoms with Gasteiger partial charge < -0.3 is 24.4 Å². The van der Waals surface area contributed by atoms with E-state index in [1.165, 1.54) is 5.75 Å². The molecule has 1 aliphatic heterocycles. The predicted molar refractivity (Wildman–Crippen MR) is 75.8 cm³/mol. The summed E-state index contributed by atoms with van der Waals surface area (Å²) in [5.74, 6) is 1.20. The van der Waals surface area contributed by atoms with Crippen molar-refractivity contribution in [2.45, 2.75) is 0 Å². The first kappa shape index (κ1) is 18.2. The molecule has 7 heteroatoms. The van der Waals surface area contributed by atoms with Gasteiger partial charge in [0.05, 0.1) is 52.9 Å². The Morgan fingerprint density at radius 3 is 1.61 bits per heavy atom. The van der Waals surface area contributed by atoms with Gasteiger partial charge in [0, 0.05) is 5.75 Å². The van der Waals surface area contributed by atoms with Gasteiger partial charge in [0.1, 0.15) is 0 Å². The fourth-order valence-corrected chi connectivity index (χ4v) is 2.44. The van der Waals surface area contributed by atoms with E-state index in [4.69, 9.17) is 24.4 Å². The Kier molecular flexibility index (Phi) is 17.5. The smallest absolute Gasteiger partial charge is 0.0701 e. The molecule has 1 rings (SSSR count). The molecule has 0 bridgehead atoms. The van der Waals surface area contributed by atoms with Crippen LogP contribution in [0.1, 0.15) is 0 Å². The van der Waals surface area contributed by atoms with E-state index in [-0.39, 0.29) is 13.2 Å². The second kappa shape index (κ2) is 17.2. The lowest BCUT2D eigenvalue weighted by atomic mass is 10.7. The minimum absolute atomic E-state index is 0.0413. The zero-order valence-electron chi connectivity index (χ0n) is 10.5. The lowest BCUT2D eigenvalue weighted by Gasteiger charge is -2.04. The maximum absolute atomic E-state index is 8.36. The van der Waals surface area contributed by atoms with Crippen LogP contribution in [0, 0.1) is 0 Å². The predicted octanol–water partition coefficient (Wildman–Crippen LogP) is 0.916. The van der Waals surface area contributed by atoms with Gasteiger partial charge in [-0.1, -0.05) is 27.7 Å². The number of hydrogen-bond donors (Lipinski definition) is 2. The summed E-state index contributed by atoms with van der Waals surface area (Å²) in [6.07, 6.45) is 2.16. The highest BCUT2D eigenvalue weighted by molar-refractivity contribution is 8.78. The minimum atomic E-state index is 0.0413. The fourth-order valence-electron chi connectivity index (χ4n) is 0.867. The zero-order chi connectivity index (χ0) is 13.3. The van der Waals surface area contributed by atoms with Crippen molar-refractivity contribution in [2.24, 2.45) is 0 Å². The SMILES string of the molecule is C1=CSSC1.OCCOCCOCCOCCO. The van der Waals surface area contributed by atoms with Crippen LogP contribution < -0.4 is 0 Å². The molecule has 0 saturated carbocycles. The van der Waals surface area contributed by atoms with E-state index in [1.807, 2.05) is 21.6 Å². The number of aliphatic hydroxyl groups is 2. The second-order valence-corrected chi connectivity index (χ2v) is 5.35. The van der Waals surface area contributed by atoms with Gasteiger partial charge in [-0.25, -0.2) is 0 Å². The Bertz CT molecular complexity index is 165. The highest BCUT2D eigenvalue weighted by Crippen LogP contribution is 2.27. The lowest BCUT2D eigenvalue weighted by Crippen LogP contribution is -2.11. The molecule has 0 amide bonds. The molecule has 0 aliphatic carbocycles. The van der Waals surface area contributed by atoms with Crippen LogP contribution in [-0.2, 0) is 14.2 Å². The molecule has 1 heterocycles. The number of rotatable bonds is 10. The van der Waals surface area contributed by atoms with Crippen molar-refractivity contribution in [2.75, 3.05) is 58.6 Å². The van der Waals surface area contributed by atoms with Gasteiger partial charge in [-0.05, 0) is 5.41 Å². The molecule has 0 fully saturated rings. The first-order chi connectivity index (χ1) is 8.91. The van der Waals surface area contributed by atoms with Gasteiger partial charge in [0.25, 0.3) is 0 Å². The summed E-state index contributed by atoms with van der Waals surface area (Å²) in [6, 6.07) is 0. The Hall–Kier alpha value is 0.240. The van der Waals surface area contributed by atoms with Gasteiger partial charge in [-0.2, -0.15) is 0 Å². The third kappa shape index (κ3) is 16.2. The van der Waals surface area contributed by atoms with Gasteiger partial charge in [-0.15, -0.1) is 0 Å². The topological polar surface area (TPSA) is 68.2 Å². The van der Waals surface area contributed by atoms with Crippen LogP contribution in [0.15, 0.2) is 11.5 Å². The molecule has 18 heavy (non-hydrogen) atoms. The maximum Gasteiger partial charge on any atom is 0.0701 e. The molecule has 0 radical (unpaired) electrons. The summed E-state index contributed by atoms with van der Waals surface area (Å²) in [7, 11) is 3.69. The quantitative estimate of drug-likeness (QED) is 0.459. The molecular weight excluding hydrogens is 276 g/mol. The first-order valence-corrected chi connectivity index (χ1v) is 8.18. The molecule has 0 atom stereocenters. The van der Waals surface area contributed by atoms with E-state index >= 15 is 0 Å². The molecule has 108 valence electrons. The Morgan fingerprint density at radius 1 is 0.833 bits per heavy atom. The van der Waals surface area contributed by atoms with Gasteiger partial charge >= 0.3 is 0 Å². The van der Waals surface area contributed by atoms with Crippen LogP contribution >= 0.6 is 21.6 Å². The van der Waals surface area contributed by atoms with Crippen LogP contribution in [0.5, 0.6) is 0 Å². The molecule has 2 N–H and O–H groups in total. The van der Waals surface area contributed by atoms with Gasteiger partial charge in [0.2, 0.25) is 0 Å². The highest BCUT2D eigenvalue weighted by Gasteiger charge is 1.90. The molecule has 0 aromatic carbocycles. The Balaban J connectivity index is 0.000000473. The average Bonchev–Trinajstić information content (AvgIpc) is 2.96. The number of hydrogen-bond acceptors (Lipinski definition) is 7. The van der Waals surface area contributed by atoms with Gasteiger partial charge in [-0.3, -0.25) is 0 Å². The number of aliphatic hydroxyl groups excluding tert-OH is 2. The van der Waals surface area contributed by atoms with Gasteiger partial charge in [0.15, 0.2) is 0 Å². The number of ether oxygens (including phenoxy) is 3. The van der Waals surface area contributed by atoms with Crippen molar-refractivity contribution < 1.29 is 24.4 Å². The molecule has 0 saturated heterocycles. The largest absolute Gasteiger partial charge is 0.394 e. The highest BCUT2D eigenvalue weighted by atomic mass is 33.1. The van der Waals surface area contributed by atoms with Crippen LogP contribution in [0.3, 0.4) is 0 Å². The fraction of sp³-hybridized carbons (Fsp3) is 0.818. The summed E-state index contributed by atoms with van der Waals surface area (Å²) >= 11 is 0. The van der Waals surface area contributed by atoms with Crippen LogP contribution in [0.2, 0.25) is 0 Å². The van der Waals surface area contributed by atoms with Crippen molar-refractivity contribution >= 4 is 21.6 Å². The third-order valence-corrected chi connectivity index (χ3v) is 3.52. The van der Waals surface area contributed by atoms with E-state index < -0.39 is 0 Å². The summed E-state index contributed by atoms with van der Waals surface area (Å²) in [5.41, 5.74) is 0. The molecule has 0 aromatic rings. The van der Waals surface area contributed by atoms with Crippen molar-refractivity contribution in [3.05, 3.63) is 11.5 Å². The van der Waals surface area contributed by atoms with E-state index in [0.29, 0.717) is 39.6 Å². The van der Waals surface area contributed by atoms with Crippen molar-refractivity contribution in [1.82, 2.24) is 0 Å². The normalized spacial score (nSPS) is 13.4. The van der Waals surface area contributed by atoms with Crippen molar-refractivity contribution in [3.63, 3.8) is 0 Å². The van der Waals surface area contributed by atoms with E-state index in [9.17, 15) is 0 Å². The molecule has 1 aliphatic rings. The zero-order valence-corrected chi connectivity index (χ0v) is 12.1. The summed E-state index contributed by atoms with van der Waals surface area (Å²) in [6.45, 7) is 2.76. The standard InChI is InChI=1S/C8H18O5.C3H4S2/c9-1-3-11-5-7-13-8-6-12-4-2-10;1-2-4-5-3-1/h9-10H,1-8H2;1-2H,3H2. The van der Waals surface area contributed by atoms with Crippen LogP contribution in [0.25, 0.3) is 0 Å². The Morgan fingerprint density at radius 2 is 1.33 bits per heavy atom. The molecular formula is C11H22O5S2. The maximum atomic E-state index is 8.36. The minimum Gasteiger partial charge on any atom is -0.394 e. The summed E-state index contributed by atoms with van der Waals surface area (Å²) in [4.78, 5) is 0. The first-order valence-electron chi connectivity index (χ1n) is 5.80. The van der Waals surface area contributed by atoms with Crippen LogP contribution in [-0.4, -0.2) is 68.8 Å². The molecule has 0 spiro atoms.